The van der Waals surface area contributed by atoms with Crippen LogP contribution in [0.4, 0.5) is 5.82 Å². The molecule has 1 N–H and O–H groups in total. The average Bonchev–Trinajstić information content (AvgIpc) is 3.19. The molecule has 0 aliphatic rings. The molecule has 0 saturated heterocycles. The Labute approximate surface area is 165 Å². The van der Waals surface area contributed by atoms with Crippen LogP contribution in [0.2, 0.25) is 0 Å². The second-order valence-corrected chi connectivity index (χ2v) is 6.90. The van der Waals surface area contributed by atoms with Crippen molar-refractivity contribution < 1.29 is 9.53 Å². The third-order valence-electron chi connectivity index (χ3n) is 4.13. The van der Waals surface area contributed by atoms with Crippen molar-refractivity contribution in [1.82, 2.24) is 9.97 Å². The molecule has 0 aliphatic heterocycles. The molecule has 2 heterocycles. The second-order valence-electron chi connectivity index (χ2n) is 5.87. The number of hydrogen-bond donors (Lipinski definition) is 1. The summed E-state index contributed by atoms with van der Waals surface area (Å²) in [6.45, 7) is 0. The predicted molar refractivity (Wildman–Crippen MR) is 112 cm³/mol. The number of carbonyl (C=O) groups is 1. The van der Waals surface area contributed by atoms with E-state index in [9.17, 15) is 4.79 Å². The number of ether oxygens (including phenoxy) is 1. The fourth-order valence-electron chi connectivity index (χ4n) is 2.76. The molecule has 7 heteroatoms. The number of hydrazone groups is 1. The minimum absolute atomic E-state index is 0.406. The predicted octanol–water partition coefficient (Wildman–Crippen LogP) is 4.59. The van der Waals surface area contributed by atoms with Gasteiger partial charge in [0.1, 0.15) is 11.2 Å². The van der Waals surface area contributed by atoms with Gasteiger partial charge in [0.05, 0.1) is 24.3 Å². The van der Waals surface area contributed by atoms with E-state index in [0.717, 1.165) is 20.7 Å². The maximum absolute atomic E-state index is 11.9. The molecule has 0 bridgehead atoms. The average molecular weight is 388 g/mol. The number of rotatable bonds is 5. The molecule has 0 aliphatic carbocycles. The number of thiophene rings is 1. The van der Waals surface area contributed by atoms with Crippen LogP contribution >= 0.6 is 11.3 Å². The van der Waals surface area contributed by atoms with E-state index in [-0.39, 0.29) is 0 Å². The van der Waals surface area contributed by atoms with Gasteiger partial charge in [0.25, 0.3) is 0 Å². The lowest BCUT2D eigenvalue weighted by atomic mass is 10.1. The Morgan fingerprint density at radius 1 is 1.11 bits per heavy atom. The highest BCUT2D eigenvalue weighted by molar-refractivity contribution is 7.21. The number of aromatic nitrogens is 2. The van der Waals surface area contributed by atoms with Crippen LogP contribution < -0.4 is 5.43 Å². The van der Waals surface area contributed by atoms with Gasteiger partial charge in [-0.3, -0.25) is 5.43 Å². The molecule has 0 spiro atoms. The van der Waals surface area contributed by atoms with Crippen molar-refractivity contribution in [3.05, 3.63) is 78.1 Å². The zero-order valence-electron chi connectivity index (χ0n) is 15.0. The number of hydrogen-bond acceptors (Lipinski definition) is 7. The minimum atomic E-state index is -0.406. The first kappa shape index (κ1) is 17.8. The van der Waals surface area contributed by atoms with E-state index in [2.05, 4.69) is 38.7 Å². The Morgan fingerprint density at radius 2 is 1.89 bits per heavy atom. The van der Waals surface area contributed by atoms with Crippen LogP contribution in [-0.2, 0) is 4.74 Å². The smallest absolute Gasteiger partial charge is 0.338 e. The van der Waals surface area contributed by atoms with Crippen LogP contribution in [0.3, 0.4) is 0 Å². The molecular formula is C21H16N4O2S. The number of anilines is 1. The van der Waals surface area contributed by atoms with E-state index >= 15 is 0 Å². The van der Waals surface area contributed by atoms with Gasteiger partial charge in [-0.25, -0.2) is 14.8 Å². The van der Waals surface area contributed by atoms with Crippen LogP contribution in [0.1, 0.15) is 15.9 Å². The summed E-state index contributed by atoms with van der Waals surface area (Å²) in [7, 11) is 1.35. The van der Waals surface area contributed by atoms with Crippen LogP contribution in [-0.4, -0.2) is 29.3 Å². The number of nitrogens with one attached hydrogen (secondary N) is 1. The van der Waals surface area contributed by atoms with E-state index in [1.807, 2.05) is 24.3 Å². The van der Waals surface area contributed by atoms with Crippen molar-refractivity contribution in [2.24, 2.45) is 5.10 Å². The standard InChI is InChI=1S/C21H16N4O2S/c1-27-21(26)16-10-6-5-9-15(16)12-24-25-19-17-11-18(14-7-3-2-4-8-14)28-20(17)23-13-22-19/h2-13H,1H3,(H,22,23,25)/b24-12-. The van der Waals surface area contributed by atoms with Crippen LogP contribution in [0, 0.1) is 0 Å². The SMILES string of the molecule is COC(=O)c1ccccc1/C=N\Nc1ncnc2sc(-c3ccccc3)cc12. The summed E-state index contributed by atoms with van der Waals surface area (Å²) in [5.74, 6) is 0.201. The van der Waals surface area contributed by atoms with Crippen LogP contribution in [0.25, 0.3) is 20.7 Å². The topological polar surface area (TPSA) is 76.5 Å². The highest BCUT2D eigenvalue weighted by Gasteiger charge is 2.11. The summed E-state index contributed by atoms with van der Waals surface area (Å²) in [5.41, 5.74) is 5.19. The van der Waals surface area contributed by atoms with Gasteiger partial charge in [-0.2, -0.15) is 5.10 Å². The van der Waals surface area contributed by atoms with Gasteiger partial charge < -0.3 is 4.74 Å². The fraction of sp³-hybridized carbons (Fsp3) is 0.0476. The van der Waals surface area contributed by atoms with Crippen LogP contribution in [0.15, 0.2) is 72.1 Å². The van der Waals surface area contributed by atoms with Gasteiger partial charge in [0, 0.05) is 10.4 Å². The van der Waals surface area contributed by atoms with Gasteiger partial charge in [0.2, 0.25) is 0 Å². The van der Waals surface area contributed by atoms with E-state index < -0.39 is 5.97 Å². The largest absolute Gasteiger partial charge is 0.465 e. The molecule has 0 saturated carbocycles. The molecular weight excluding hydrogens is 372 g/mol. The Kier molecular flexibility index (Phi) is 5.07. The summed E-state index contributed by atoms with van der Waals surface area (Å²) in [6.07, 6.45) is 3.08. The number of benzene rings is 2. The second kappa shape index (κ2) is 7.98. The highest BCUT2D eigenvalue weighted by Crippen LogP contribution is 2.34. The normalized spacial score (nSPS) is 11.0. The Hall–Kier alpha value is -3.58. The first-order valence-corrected chi connectivity index (χ1v) is 9.34. The third-order valence-corrected chi connectivity index (χ3v) is 5.22. The minimum Gasteiger partial charge on any atom is -0.465 e. The lowest BCUT2D eigenvalue weighted by Gasteiger charge is -2.03. The molecule has 6 nitrogen and oxygen atoms in total. The zero-order valence-corrected chi connectivity index (χ0v) is 15.8. The molecule has 2 aromatic carbocycles. The maximum Gasteiger partial charge on any atom is 0.338 e. The molecule has 4 aromatic rings. The van der Waals surface area contributed by atoms with Crippen molar-refractivity contribution in [2.45, 2.75) is 0 Å². The molecule has 0 amide bonds. The van der Waals surface area contributed by atoms with Crippen molar-refractivity contribution in [1.29, 1.82) is 0 Å². The Balaban J connectivity index is 1.62. The van der Waals surface area contributed by atoms with Crippen LogP contribution in [0.5, 0.6) is 0 Å². The molecule has 4 rings (SSSR count). The quantitative estimate of drug-likeness (QED) is 0.307. The molecule has 0 fully saturated rings. The lowest BCUT2D eigenvalue weighted by Crippen LogP contribution is -2.05. The van der Waals surface area contributed by atoms with E-state index in [0.29, 0.717) is 16.9 Å². The molecule has 138 valence electrons. The summed E-state index contributed by atoms with van der Waals surface area (Å²) < 4.78 is 4.80. The van der Waals surface area contributed by atoms with Crippen molar-refractivity contribution in [3.8, 4) is 10.4 Å². The van der Waals surface area contributed by atoms with Gasteiger partial charge >= 0.3 is 5.97 Å². The van der Waals surface area contributed by atoms with Gasteiger partial charge in [-0.1, -0.05) is 48.5 Å². The molecule has 2 aromatic heterocycles. The highest BCUT2D eigenvalue weighted by atomic mass is 32.1. The van der Waals surface area contributed by atoms with Crippen molar-refractivity contribution in [2.75, 3.05) is 12.5 Å². The molecule has 0 radical (unpaired) electrons. The summed E-state index contributed by atoms with van der Waals surface area (Å²) in [6, 6.07) is 19.3. The number of nitrogens with zero attached hydrogens (tertiary/aromatic N) is 3. The van der Waals surface area contributed by atoms with Gasteiger partial charge in [-0.15, -0.1) is 11.3 Å². The first-order chi connectivity index (χ1) is 13.8. The number of fused-ring (bicyclic) bond motifs is 1. The van der Waals surface area contributed by atoms with Gasteiger partial charge in [-0.05, 0) is 17.7 Å². The number of esters is 1. The third kappa shape index (κ3) is 3.60. The molecule has 0 atom stereocenters. The van der Waals surface area contributed by atoms with E-state index in [1.165, 1.54) is 13.4 Å². The zero-order chi connectivity index (χ0) is 19.3. The summed E-state index contributed by atoms with van der Waals surface area (Å²) >= 11 is 1.60. The lowest BCUT2D eigenvalue weighted by molar-refractivity contribution is 0.0600. The van der Waals surface area contributed by atoms with E-state index in [1.54, 1.807) is 35.8 Å². The number of methoxy groups -OCH3 is 1. The Morgan fingerprint density at radius 3 is 2.71 bits per heavy atom. The number of carbonyl (C=O) groups excluding carboxylic acids is 1. The monoisotopic (exact) mass is 388 g/mol. The molecule has 0 unspecified atom stereocenters. The summed E-state index contributed by atoms with van der Waals surface area (Å²) in [5, 5.41) is 5.15. The first-order valence-electron chi connectivity index (χ1n) is 8.52. The fourth-order valence-corrected chi connectivity index (χ4v) is 3.76. The van der Waals surface area contributed by atoms with Gasteiger partial charge in [0.15, 0.2) is 5.82 Å². The maximum atomic E-state index is 11.9. The Bertz CT molecular complexity index is 1160. The summed E-state index contributed by atoms with van der Waals surface area (Å²) in [4.78, 5) is 22.5. The molecule has 28 heavy (non-hydrogen) atoms. The van der Waals surface area contributed by atoms with Crippen molar-refractivity contribution in [3.63, 3.8) is 0 Å². The van der Waals surface area contributed by atoms with E-state index in [4.69, 9.17) is 4.74 Å². The van der Waals surface area contributed by atoms with Crippen molar-refractivity contribution >= 4 is 39.6 Å².